The number of hydrogen-bond donors (Lipinski definition) is 1. The molecule has 1 N–H and O–H groups in total. The zero-order chi connectivity index (χ0) is 33.6. The van der Waals surface area contributed by atoms with Crippen LogP contribution in [0.1, 0.15) is 79.3 Å². The second-order valence-electron chi connectivity index (χ2n) is 11.8. The molecule has 0 fully saturated rings. The quantitative estimate of drug-likeness (QED) is 0.0725. The van der Waals surface area contributed by atoms with Crippen molar-refractivity contribution in [2.45, 2.75) is 65.0 Å². The molecule has 0 aliphatic carbocycles. The van der Waals surface area contributed by atoms with Crippen LogP contribution in [0.3, 0.4) is 0 Å². The molecule has 5 aromatic rings. The number of nitrogens with zero attached hydrogens (tertiary/aromatic N) is 5. The highest BCUT2D eigenvalue weighted by Crippen LogP contribution is 2.31. The van der Waals surface area contributed by atoms with Gasteiger partial charge in [-0.1, -0.05) is 86.5 Å². The van der Waals surface area contributed by atoms with Crippen LogP contribution >= 0.6 is 0 Å². The molecule has 3 heterocycles. The number of allylic oxidation sites excluding steroid dienone is 1. The topological polar surface area (TPSA) is 134 Å². The Hall–Kier alpha value is -5.58. The van der Waals surface area contributed by atoms with Crippen LogP contribution in [-0.2, 0) is 22.4 Å². The summed E-state index contributed by atoms with van der Waals surface area (Å²) >= 11 is 0. The number of aromatic amines is 1. The van der Waals surface area contributed by atoms with E-state index >= 15 is 0 Å². The lowest BCUT2D eigenvalue weighted by Gasteiger charge is -2.27. The van der Waals surface area contributed by atoms with E-state index in [9.17, 15) is 14.4 Å². The van der Waals surface area contributed by atoms with Crippen molar-refractivity contribution in [2.24, 2.45) is 0 Å². The molecule has 1 aliphatic rings. The average Bonchev–Trinajstić information content (AvgIpc) is 3.73. The molecule has 48 heavy (non-hydrogen) atoms. The summed E-state index contributed by atoms with van der Waals surface area (Å²) in [5, 5.41) is 14.5. The number of H-pyrrole nitrogens is 1. The van der Waals surface area contributed by atoms with Crippen molar-refractivity contribution >= 4 is 11.9 Å². The number of carbonyl (C=O) groups excluding carboxylic acids is 2. The number of fused-ring (bicyclic) bond motifs is 1. The number of hydrogen-bond acceptors (Lipinski definition) is 8. The number of esters is 2. The molecule has 0 saturated heterocycles. The van der Waals surface area contributed by atoms with Crippen LogP contribution in [0.5, 0.6) is 5.75 Å². The molecule has 0 radical (unpaired) electrons. The number of ether oxygens (including phenoxy) is 2. The van der Waals surface area contributed by atoms with Gasteiger partial charge in [0.15, 0.2) is 6.04 Å². The van der Waals surface area contributed by atoms with E-state index in [0.717, 1.165) is 47.2 Å². The molecule has 246 valence electrons. The monoisotopic (exact) mass is 646 g/mol. The van der Waals surface area contributed by atoms with Crippen molar-refractivity contribution in [1.82, 2.24) is 30.0 Å². The Morgan fingerprint density at radius 3 is 2.44 bits per heavy atom. The summed E-state index contributed by atoms with van der Waals surface area (Å²) in [6, 6.07) is 21.2. The first-order valence-electron chi connectivity index (χ1n) is 16.3. The van der Waals surface area contributed by atoms with Crippen LogP contribution in [0.15, 0.2) is 89.7 Å². The van der Waals surface area contributed by atoms with Gasteiger partial charge >= 0.3 is 11.9 Å². The van der Waals surface area contributed by atoms with Gasteiger partial charge in [-0.2, -0.15) is 5.21 Å². The first kappa shape index (κ1) is 32.4. The lowest BCUT2D eigenvalue weighted by molar-refractivity contribution is -0.137. The van der Waals surface area contributed by atoms with Crippen molar-refractivity contribution in [1.29, 1.82) is 0 Å². The third kappa shape index (κ3) is 6.62. The molecular weight excluding hydrogens is 608 g/mol. The third-order valence-electron chi connectivity index (χ3n) is 8.53. The van der Waals surface area contributed by atoms with Crippen LogP contribution in [-0.4, -0.2) is 48.5 Å². The zero-order valence-corrected chi connectivity index (χ0v) is 27.3. The van der Waals surface area contributed by atoms with E-state index in [4.69, 9.17) is 9.47 Å². The van der Waals surface area contributed by atoms with Gasteiger partial charge in [-0.05, 0) is 66.8 Å². The summed E-state index contributed by atoms with van der Waals surface area (Å²) in [6.07, 6.45) is 7.77. The lowest BCUT2D eigenvalue weighted by atomic mass is 9.96. The van der Waals surface area contributed by atoms with Gasteiger partial charge < -0.3 is 9.47 Å². The normalized spacial score (nSPS) is 15.2. The van der Waals surface area contributed by atoms with Gasteiger partial charge in [0.05, 0.1) is 18.2 Å². The van der Waals surface area contributed by atoms with Gasteiger partial charge in [-0.15, -0.1) is 10.2 Å². The maximum atomic E-state index is 14.3. The van der Waals surface area contributed by atoms with Crippen molar-refractivity contribution in [2.75, 3.05) is 6.61 Å². The standard InChI is InChI=1S/C37H38N6O5/c1-4-6-7-15-32-31(22-25-17-19-26(20-18-25)29-13-8-9-14-30(29)34-38-40-41-39-34)35(44)43-33(21-16-24(3)42(32)43)37(46)48-28-12-10-11-27(23-28)36(45)47-5-2/h8-14,16-21,23-24,33H,4-7,15,22H2,1-3H3,(H,38,39,40,41). The lowest BCUT2D eigenvalue weighted by Crippen LogP contribution is -2.37. The highest BCUT2D eigenvalue weighted by atomic mass is 16.5. The van der Waals surface area contributed by atoms with Crippen molar-refractivity contribution < 1.29 is 19.1 Å². The van der Waals surface area contributed by atoms with Crippen molar-refractivity contribution in [3.05, 3.63) is 118 Å². The SMILES string of the molecule is CCCCCc1c(Cc2ccc(-c3ccccc3-c3nn[nH]n3)cc2)c(=O)n2n1C(C)C=CC2C(=O)Oc1cccc(C(=O)OCC)c1. The number of rotatable bonds is 12. The summed E-state index contributed by atoms with van der Waals surface area (Å²) in [7, 11) is 0. The Kier molecular flexibility index (Phi) is 9.75. The van der Waals surface area contributed by atoms with Gasteiger partial charge in [-0.25, -0.2) is 14.3 Å². The molecule has 11 heteroatoms. The number of unbranched alkanes of at least 4 members (excludes halogenated alkanes) is 2. The molecule has 2 aromatic heterocycles. The van der Waals surface area contributed by atoms with E-state index in [-0.39, 0.29) is 29.5 Å². The highest BCUT2D eigenvalue weighted by molar-refractivity contribution is 5.90. The summed E-state index contributed by atoms with van der Waals surface area (Å²) in [5.74, 6) is -0.400. The average molecular weight is 647 g/mol. The Morgan fingerprint density at radius 2 is 1.71 bits per heavy atom. The van der Waals surface area contributed by atoms with E-state index in [2.05, 4.69) is 27.5 Å². The zero-order valence-electron chi connectivity index (χ0n) is 27.3. The largest absolute Gasteiger partial charge is 0.462 e. The van der Waals surface area contributed by atoms with Crippen LogP contribution in [0, 0.1) is 0 Å². The smallest absolute Gasteiger partial charge is 0.340 e. The molecule has 0 saturated carbocycles. The van der Waals surface area contributed by atoms with E-state index in [1.165, 1.54) is 10.7 Å². The number of nitrogens with one attached hydrogen (secondary N) is 1. The molecule has 11 nitrogen and oxygen atoms in total. The van der Waals surface area contributed by atoms with Crippen LogP contribution in [0.4, 0.5) is 0 Å². The number of carbonyl (C=O) groups is 2. The molecule has 1 aliphatic heterocycles. The van der Waals surface area contributed by atoms with E-state index in [0.29, 0.717) is 24.2 Å². The summed E-state index contributed by atoms with van der Waals surface area (Å²) < 4.78 is 14.3. The minimum Gasteiger partial charge on any atom is -0.462 e. The van der Waals surface area contributed by atoms with E-state index in [1.807, 2.05) is 66.2 Å². The predicted molar refractivity (Wildman–Crippen MR) is 181 cm³/mol. The van der Waals surface area contributed by atoms with Gasteiger partial charge in [0.1, 0.15) is 5.75 Å². The number of benzene rings is 3. The molecule has 6 rings (SSSR count). The maximum Gasteiger partial charge on any atom is 0.340 e. The van der Waals surface area contributed by atoms with Crippen molar-refractivity contribution in [3.8, 4) is 28.3 Å². The molecule has 0 amide bonds. The molecular formula is C37H38N6O5. The minimum atomic E-state index is -0.970. The van der Waals surface area contributed by atoms with Gasteiger partial charge in [0.2, 0.25) is 5.82 Å². The fraction of sp³-hybridized carbons (Fsp3) is 0.297. The highest BCUT2D eigenvalue weighted by Gasteiger charge is 2.33. The first-order valence-corrected chi connectivity index (χ1v) is 16.3. The molecule has 0 spiro atoms. The Labute approximate surface area is 278 Å². The fourth-order valence-electron chi connectivity index (χ4n) is 6.21. The van der Waals surface area contributed by atoms with Crippen LogP contribution in [0.2, 0.25) is 0 Å². The van der Waals surface area contributed by atoms with Gasteiger partial charge in [-0.3, -0.25) is 9.48 Å². The summed E-state index contributed by atoms with van der Waals surface area (Å²) in [4.78, 5) is 40.2. The Morgan fingerprint density at radius 1 is 0.917 bits per heavy atom. The van der Waals surface area contributed by atoms with Gasteiger partial charge in [0.25, 0.3) is 5.56 Å². The van der Waals surface area contributed by atoms with Crippen LogP contribution in [0.25, 0.3) is 22.5 Å². The van der Waals surface area contributed by atoms with Crippen molar-refractivity contribution in [3.63, 3.8) is 0 Å². The van der Waals surface area contributed by atoms with E-state index < -0.39 is 18.0 Å². The first-order chi connectivity index (χ1) is 23.4. The Bertz CT molecular complexity index is 1990. The van der Waals surface area contributed by atoms with E-state index in [1.54, 1.807) is 31.2 Å². The molecule has 0 bridgehead atoms. The predicted octanol–water partition coefficient (Wildman–Crippen LogP) is 6.27. The van der Waals surface area contributed by atoms with Gasteiger partial charge in [0, 0.05) is 23.2 Å². The second kappa shape index (κ2) is 14.5. The molecule has 2 unspecified atom stereocenters. The summed E-state index contributed by atoms with van der Waals surface area (Å²) in [6.45, 7) is 6.12. The molecule has 2 atom stereocenters. The third-order valence-corrected chi connectivity index (χ3v) is 8.53. The number of aromatic nitrogens is 6. The minimum absolute atomic E-state index is 0.136. The second-order valence-corrected chi connectivity index (χ2v) is 11.8. The fourth-order valence-corrected chi connectivity index (χ4v) is 6.21. The number of tetrazole rings is 1. The molecule has 3 aromatic carbocycles. The maximum absolute atomic E-state index is 14.3. The van der Waals surface area contributed by atoms with Crippen LogP contribution < -0.4 is 10.3 Å². The summed E-state index contributed by atoms with van der Waals surface area (Å²) in [5.41, 5.74) is 5.46. The Balaban J connectivity index is 1.31.